The van der Waals surface area contributed by atoms with Crippen LogP contribution in [0.5, 0.6) is 0 Å². The Labute approximate surface area is 144 Å². The summed E-state index contributed by atoms with van der Waals surface area (Å²) < 4.78 is 0. The lowest BCUT2D eigenvalue weighted by atomic mass is 10.0. The summed E-state index contributed by atoms with van der Waals surface area (Å²) in [6, 6.07) is 11.8. The number of pyridine rings is 1. The van der Waals surface area contributed by atoms with Crippen molar-refractivity contribution >= 4 is 12.4 Å². The van der Waals surface area contributed by atoms with Gasteiger partial charge in [-0.15, -0.1) is 12.4 Å². The van der Waals surface area contributed by atoms with Crippen LogP contribution in [0, 0.1) is 0 Å². The molecule has 1 aromatic heterocycles. The molecule has 0 saturated carbocycles. The summed E-state index contributed by atoms with van der Waals surface area (Å²) in [5.74, 6) is 0. The van der Waals surface area contributed by atoms with E-state index in [1.807, 2.05) is 18.5 Å². The zero-order chi connectivity index (χ0) is 14.8. The molecule has 2 aromatic rings. The van der Waals surface area contributed by atoms with Gasteiger partial charge in [0.2, 0.25) is 0 Å². The van der Waals surface area contributed by atoms with E-state index in [9.17, 15) is 0 Å². The summed E-state index contributed by atoms with van der Waals surface area (Å²) >= 11 is 0. The van der Waals surface area contributed by atoms with Gasteiger partial charge in [0.05, 0.1) is 0 Å². The van der Waals surface area contributed by atoms with Gasteiger partial charge in [-0.2, -0.15) is 0 Å². The van der Waals surface area contributed by atoms with Crippen molar-refractivity contribution in [3.8, 4) is 0 Å². The molecule has 1 aliphatic heterocycles. The molecule has 122 valence electrons. The van der Waals surface area contributed by atoms with Crippen molar-refractivity contribution in [3.05, 3.63) is 65.0 Å². The molecule has 1 fully saturated rings. The first kappa shape index (κ1) is 16.4. The summed E-state index contributed by atoms with van der Waals surface area (Å²) in [4.78, 5) is 6.88. The lowest BCUT2D eigenvalue weighted by molar-refractivity contribution is 0.153. The fraction of sp³-hybridized carbons (Fsp3) is 0.421. The summed E-state index contributed by atoms with van der Waals surface area (Å²) in [6.07, 6.45) is 7.71. The minimum absolute atomic E-state index is 0. The SMILES string of the molecule is Cl.c1cncc(C2CNCCN2Cc2ccc3c(c2)CCC3)c1. The third-order valence-electron chi connectivity index (χ3n) is 4.97. The van der Waals surface area contributed by atoms with Gasteiger partial charge < -0.3 is 5.32 Å². The van der Waals surface area contributed by atoms with E-state index in [1.165, 1.54) is 30.4 Å². The molecule has 4 heteroatoms. The number of benzene rings is 1. The van der Waals surface area contributed by atoms with Crippen molar-refractivity contribution in [3.63, 3.8) is 0 Å². The standard InChI is InChI=1S/C19H23N3.ClH/c1-3-16-7-6-15(11-17(16)4-1)14-22-10-9-21-13-19(22)18-5-2-8-20-12-18;/h2,5-8,11-12,19,21H,1,3-4,9-10,13-14H2;1H. The van der Waals surface area contributed by atoms with Gasteiger partial charge in [0.25, 0.3) is 0 Å². The fourth-order valence-electron chi connectivity index (χ4n) is 3.80. The van der Waals surface area contributed by atoms with Gasteiger partial charge in [-0.25, -0.2) is 0 Å². The monoisotopic (exact) mass is 329 g/mol. The number of fused-ring (bicyclic) bond motifs is 1. The minimum atomic E-state index is 0. The topological polar surface area (TPSA) is 28.2 Å². The molecule has 1 aromatic carbocycles. The number of aryl methyl sites for hydroxylation is 2. The number of halogens is 1. The molecule has 1 aliphatic carbocycles. The summed E-state index contributed by atoms with van der Waals surface area (Å²) in [5, 5.41) is 3.52. The van der Waals surface area contributed by atoms with E-state index in [1.54, 1.807) is 11.1 Å². The Morgan fingerprint density at radius 3 is 2.96 bits per heavy atom. The third-order valence-corrected chi connectivity index (χ3v) is 4.97. The Kier molecular flexibility index (Phi) is 5.31. The molecule has 1 saturated heterocycles. The Balaban J connectivity index is 0.00000156. The number of aromatic nitrogens is 1. The van der Waals surface area contributed by atoms with E-state index in [0.29, 0.717) is 6.04 Å². The average Bonchev–Trinajstić information content (AvgIpc) is 3.04. The van der Waals surface area contributed by atoms with Gasteiger partial charge >= 0.3 is 0 Å². The van der Waals surface area contributed by atoms with Crippen LogP contribution in [-0.2, 0) is 19.4 Å². The van der Waals surface area contributed by atoms with Crippen LogP contribution in [0.1, 0.15) is 34.7 Å². The Morgan fingerprint density at radius 1 is 1.17 bits per heavy atom. The number of rotatable bonds is 3. The number of nitrogens with zero attached hydrogens (tertiary/aromatic N) is 2. The second-order valence-corrected chi connectivity index (χ2v) is 6.43. The van der Waals surface area contributed by atoms with Crippen molar-refractivity contribution in [1.82, 2.24) is 15.2 Å². The maximum absolute atomic E-state index is 4.29. The Bertz CT molecular complexity index is 644. The van der Waals surface area contributed by atoms with Crippen molar-refractivity contribution in [2.75, 3.05) is 19.6 Å². The molecular weight excluding hydrogens is 306 g/mol. The molecule has 4 rings (SSSR count). The molecule has 1 N–H and O–H groups in total. The van der Waals surface area contributed by atoms with E-state index in [0.717, 1.165) is 26.2 Å². The summed E-state index contributed by atoms with van der Waals surface area (Å²) in [5.41, 5.74) is 5.91. The maximum atomic E-state index is 4.29. The van der Waals surface area contributed by atoms with Gasteiger partial charge in [0.1, 0.15) is 0 Å². The molecule has 0 radical (unpaired) electrons. The largest absolute Gasteiger partial charge is 0.314 e. The zero-order valence-corrected chi connectivity index (χ0v) is 14.2. The molecule has 1 atom stereocenters. The lowest BCUT2D eigenvalue weighted by Crippen LogP contribution is -2.45. The molecule has 2 heterocycles. The number of hydrogen-bond acceptors (Lipinski definition) is 3. The van der Waals surface area contributed by atoms with E-state index in [-0.39, 0.29) is 12.4 Å². The summed E-state index contributed by atoms with van der Waals surface area (Å²) in [7, 11) is 0. The highest BCUT2D eigenvalue weighted by Crippen LogP contribution is 2.26. The van der Waals surface area contributed by atoms with Crippen molar-refractivity contribution in [2.24, 2.45) is 0 Å². The highest BCUT2D eigenvalue weighted by molar-refractivity contribution is 5.85. The summed E-state index contributed by atoms with van der Waals surface area (Å²) in [6.45, 7) is 4.21. The normalized spacial score (nSPS) is 20.8. The van der Waals surface area contributed by atoms with Gasteiger partial charge in [-0.3, -0.25) is 9.88 Å². The first-order valence-corrected chi connectivity index (χ1v) is 8.35. The molecular formula is C19H24ClN3. The second kappa shape index (κ2) is 7.43. The highest BCUT2D eigenvalue weighted by Gasteiger charge is 2.24. The van der Waals surface area contributed by atoms with Gasteiger partial charge in [0.15, 0.2) is 0 Å². The molecule has 0 bridgehead atoms. The third kappa shape index (κ3) is 3.57. The minimum Gasteiger partial charge on any atom is -0.314 e. The van der Waals surface area contributed by atoms with Crippen LogP contribution in [0.25, 0.3) is 0 Å². The smallest absolute Gasteiger partial charge is 0.0491 e. The van der Waals surface area contributed by atoms with E-state index in [2.05, 4.69) is 39.5 Å². The fourth-order valence-corrected chi connectivity index (χ4v) is 3.80. The van der Waals surface area contributed by atoms with Gasteiger partial charge in [-0.05, 0) is 47.6 Å². The van der Waals surface area contributed by atoms with Gasteiger partial charge in [-0.1, -0.05) is 24.3 Å². The molecule has 0 spiro atoms. The number of piperazine rings is 1. The van der Waals surface area contributed by atoms with Gasteiger partial charge in [0, 0.05) is 44.6 Å². The quantitative estimate of drug-likeness (QED) is 0.937. The average molecular weight is 330 g/mol. The predicted octanol–water partition coefficient (Wildman–Crippen LogP) is 3.14. The maximum Gasteiger partial charge on any atom is 0.0491 e. The van der Waals surface area contributed by atoms with Crippen LogP contribution in [-0.4, -0.2) is 29.5 Å². The van der Waals surface area contributed by atoms with Crippen molar-refractivity contribution in [1.29, 1.82) is 0 Å². The number of nitrogens with one attached hydrogen (secondary N) is 1. The molecule has 0 amide bonds. The van der Waals surface area contributed by atoms with Crippen molar-refractivity contribution in [2.45, 2.75) is 31.8 Å². The van der Waals surface area contributed by atoms with Crippen LogP contribution in [0.3, 0.4) is 0 Å². The Hall–Kier alpha value is -1.42. The van der Waals surface area contributed by atoms with Crippen LogP contribution in [0.4, 0.5) is 0 Å². The molecule has 2 aliphatic rings. The Morgan fingerprint density at radius 2 is 2.09 bits per heavy atom. The predicted molar refractivity (Wildman–Crippen MR) is 96.0 cm³/mol. The van der Waals surface area contributed by atoms with E-state index < -0.39 is 0 Å². The molecule has 23 heavy (non-hydrogen) atoms. The zero-order valence-electron chi connectivity index (χ0n) is 13.4. The lowest BCUT2D eigenvalue weighted by Gasteiger charge is -2.36. The van der Waals surface area contributed by atoms with E-state index >= 15 is 0 Å². The number of hydrogen-bond donors (Lipinski definition) is 1. The van der Waals surface area contributed by atoms with E-state index in [4.69, 9.17) is 0 Å². The second-order valence-electron chi connectivity index (χ2n) is 6.43. The van der Waals surface area contributed by atoms with Crippen LogP contribution < -0.4 is 5.32 Å². The van der Waals surface area contributed by atoms with Crippen LogP contribution >= 0.6 is 12.4 Å². The highest BCUT2D eigenvalue weighted by atomic mass is 35.5. The molecule has 1 unspecified atom stereocenters. The first-order valence-electron chi connectivity index (χ1n) is 8.35. The van der Waals surface area contributed by atoms with Crippen molar-refractivity contribution < 1.29 is 0 Å². The van der Waals surface area contributed by atoms with Crippen LogP contribution in [0.15, 0.2) is 42.7 Å². The first-order chi connectivity index (χ1) is 10.9. The molecule has 3 nitrogen and oxygen atoms in total. The van der Waals surface area contributed by atoms with Crippen LogP contribution in [0.2, 0.25) is 0 Å².